The molecule has 5 atom stereocenters. The van der Waals surface area contributed by atoms with E-state index in [0.717, 1.165) is 62.9 Å². The zero-order valence-corrected chi connectivity index (χ0v) is 24.2. The second kappa shape index (κ2) is 10.5. The van der Waals surface area contributed by atoms with Gasteiger partial charge in [-0.1, -0.05) is 36.4 Å². The highest BCUT2D eigenvalue weighted by Gasteiger charge is 2.53. The van der Waals surface area contributed by atoms with Crippen LogP contribution in [0.4, 0.5) is 0 Å². The molecule has 39 heavy (non-hydrogen) atoms. The van der Waals surface area contributed by atoms with E-state index in [9.17, 15) is 4.79 Å². The molecule has 3 aliphatic rings. The van der Waals surface area contributed by atoms with E-state index in [2.05, 4.69) is 67.1 Å². The molecule has 5 nitrogen and oxygen atoms in total. The number of carbonyl (C=O) groups excluding carboxylic acids is 1. The van der Waals surface area contributed by atoms with Gasteiger partial charge >= 0.3 is 0 Å². The van der Waals surface area contributed by atoms with Crippen molar-refractivity contribution in [3.8, 4) is 5.75 Å². The zero-order chi connectivity index (χ0) is 27.2. The molecule has 2 saturated heterocycles. The minimum Gasteiger partial charge on any atom is -0.487 e. The Morgan fingerprint density at radius 1 is 1.18 bits per heavy atom. The number of ether oxygens (including phenoxy) is 2. The van der Waals surface area contributed by atoms with E-state index in [0.29, 0.717) is 12.3 Å². The van der Waals surface area contributed by atoms with Crippen molar-refractivity contribution >= 4 is 28.4 Å². The number of carbonyl (C=O) groups is 1. The first-order valence-corrected chi connectivity index (χ1v) is 15.0. The quantitative estimate of drug-likeness (QED) is 0.312. The van der Waals surface area contributed by atoms with E-state index < -0.39 is 0 Å². The first-order chi connectivity index (χ1) is 18.7. The number of hydrogen-bond donors (Lipinski definition) is 1. The molecular weight excluding hydrogens is 508 g/mol. The fourth-order valence-electron chi connectivity index (χ4n) is 7.20. The molecule has 208 valence electrons. The Morgan fingerprint density at radius 2 is 1.97 bits per heavy atom. The van der Waals surface area contributed by atoms with Crippen LogP contribution in [0.5, 0.6) is 5.75 Å². The number of hydrogen-bond acceptors (Lipinski definition) is 3. The lowest BCUT2D eigenvalue weighted by atomic mass is 9.68. The van der Waals surface area contributed by atoms with Gasteiger partial charge in [0.1, 0.15) is 11.4 Å². The lowest BCUT2D eigenvalue weighted by Gasteiger charge is -2.54. The Morgan fingerprint density at radius 3 is 2.82 bits per heavy atom. The molecule has 0 radical (unpaired) electrons. The van der Waals surface area contributed by atoms with Crippen molar-refractivity contribution in [3.63, 3.8) is 0 Å². The SMILES string of the molecule is CC(C)(Cl)CCC[C@@]1(C)Oc2ccccc2[C@H]2O[C@H]3CCN(C(=O)CCc4c[nH]c5ccccc45)C[C@@H]3C[C@@H]21. The van der Waals surface area contributed by atoms with Gasteiger partial charge in [-0.25, -0.2) is 0 Å². The monoisotopic (exact) mass is 548 g/mol. The summed E-state index contributed by atoms with van der Waals surface area (Å²) in [5.74, 6) is 1.77. The summed E-state index contributed by atoms with van der Waals surface area (Å²) in [5, 5.41) is 1.21. The van der Waals surface area contributed by atoms with Gasteiger partial charge in [-0.3, -0.25) is 4.79 Å². The van der Waals surface area contributed by atoms with E-state index in [1.165, 1.54) is 16.5 Å². The predicted molar refractivity (Wildman–Crippen MR) is 156 cm³/mol. The van der Waals surface area contributed by atoms with E-state index >= 15 is 0 Å². The van der Waals surface area contributed by atoms with Crippen molar-refractivity contribution < 1.29 is 14.3 Å². The second-order valence-corrected chi connectivity index (χ2v) is 13.7. The molecule has 1 amide bonds. The van der Waals surface area contributed by atoms with Crippen LogP contribution in [0.2, 0.25) is 0 Å². The Kier molecular flexibility index (Phi) is 7.18. The van der Waals surface area contributed by atoms with Crippen LogP contribution in [0.3, 0.4) is 0 Å². The van der Waals surface area contributed by atoms with Gasteiger partial charge in [0, 0.05) is 58.9 Å². The van der Waals surface area contributed by atoms with Crippen LogP contribution in [0.25, 0.3) is 10.9 Å². The lowest BCUT2D eigenvalue weighted by Crippen LogP contribution is -2.56. The summed E-state index contributed by atoms with van der Waals surface area (Å²) in [4.78, 5) is 18.6. The molecular formula is C33H41ClN2O3. The Hall–Kier alpha value is -2.50. The summed E-state index contributed by atoms with van der Waals surface area (Å²) in [6.07, 6.45) is 8.35. The third kappa shape index (κ3) is 5.45. The van der Waals surface area contributed by atoms with Gasteiger partial charge in [0.15, 0.2) is 0 Å². The van der Waals surface area contributed by atoms with Crippen molar-refractivity contribution in [2.45, 2.75) is 88.4 Å². The number of benzene rings is 2. The maximum Gasteiger partial charge on any atom is 0.222 e. The summed E-state index contributed by atoms with van der Waals surface area (Å²) in [6.45, 7) is 7.96. The molecule has 1 aromatic heterocycles. The van der Waals surface area contributed by atoms with Gasteiger partial charge < -0.3 is 19.4 Å². The Labute approximate surface area is 237 Å². The van der Waals surface area contributed by atoms with Crippen LogP contribution in [0.1, 0.15) is 76.5 Å². The van der Waals surface area contributed by atoms with Crippen molar-refractivity contribution in [1.82, 2.24) is 9.88 Å². The summed E-state index contributed by atoms with van der Waals surface area (Å²) in [6, 6.07) is 16.7. The maximum absolute atomic E-state index is 13.4. The first kappa shape index (κ1) is 26.7. The number of halogens is 1. The summed E-state index contributed by atoms with van der Waals surface area (Å²) >= 11 is 6.53. The average molecular weight is 549 g/mol. The Bertz CT molecular complexity index is 1330. The molecule has 0 bridgehead atoms. The number of fused-ring (bicyclic) bond motifs is 5. The normalized spacial score (nSPS) is 28.4. The molecule has 0 saturated carbocycles. The van der Waals surface area contributed by atoms with Gasteiger partial charge in [-0.15, -0.1) is 11.6 Å². The van der Waals surface area contributed by atoms with Crippen LogP contribution in [0.15, 0.2) is 54.7 Å². The van der Waals surface area contributed by atoms with E-state index in [4.69, 9.17) is 21.1 Å². The number of aryl methyl sites for hydroxylation is 1. The number of likely N-dealkylation sites (tertiary alicyclic amines) is 1. The van der Waals surface area contributed by atoms with E-state index in [1.807, 2.05) is 18.3 Å². The standard InChI is InChI=1S/C33H41ClN2O3/c1-32(2,34)16-8-17-33(3)26-19-23-21-36(30(37)14-13-22-20-35-27-11-6-4-9-24(22)27)18-15-28(23)38-31(26)25-10-5-7-12-29(25)39-33/h4-7,9-12,20,23,26,28,31,35H,8,13-19,21H2,1-3H3/t23-,26-,28-,31+,33+/m0/s1. The molecule has 0 spiro atoms. The molecule has 0 unspecified atom stereocenters. The molecule has 3 aromatic rings. The number of nitrogens with zero attached hydrogens (tertiary/aromatic N) is 1. The number of rotatable bonds is 7. The van der Waals surface area contributed by atoms with Gasteiger partial charge in [0.05, 0.1) is 12.2 Å². The minimum atomic E-state index is -0.326. The summed E-state index contributed by atoms with van der Waals surface area (Å²) in [7, 11) is 0. The molecule has 1 N–H and O–H groups in total. The number of aromatic nitrogens is 1. The Balaban J connectivity index is 1.15. The lowest BCUT2D eigenvalue weighted by molar-refractivity contribution is -0.193. The summed E-state index contributed by atoms with van der Waals surface area (Å²) in [5.41, 5.74) is 3.19. The van der Waals surface area contributed by atoms with Gasteiger partial charge in [0.25, 0.3) is 0 Å². The molecule has 2 aromatic carbocycles. The predicted octanol–water partition coefficient (Wildman–Crippen LogP) is 7.43. The van der Waals surface area contributed by atoms with Gasteiger partial charge in [-0.2, -0.15) is 0 Å². The second-order valence-electron chi connectivity index (χ2n) is 12.7. The number of nitrogens with one attached hydrogen (secondary N) is 1. The highest BCUT2D eigenvalue weighted by molar-refractivity contribution is 6.23. The maximum atomic E-state index is 13.4. The molecule has 0 aliphatic carbocycles. The molecule has 6 rings (SSSR count). The van der Waals surface area contributed by atoms with Crippen LogP contribution in [-0.4, -0.2) is 45.5 Å². The fraction of sp³-hybridized carbons (Fsp3) is 0.545. The van der Waals surface area contributed by atoms with E-state index in [1.54, 1.807) is 0 Å². The third-order valence-corrected chi connectivity index (χ3v) is 9.53. The first-order valence-electron chi connectivity index (χ1n) is 14.7. The van der Waals surface area contributed by atoms with Gasteiger partial charge in [0.2, 0.25) is 5.91 Å². The van der Waals surface area contributed by atoms with Crippen LogP contribution in [0, 0.1) is 11.8 Å². The van der Waals surface area contributed by atoms with E-state index in [-0.39, 0.29) is 34.5 Å². The van der Waals surface area contributed by atoms with Crippen molar-refractivity contribution in [2.75, 3.05) is 13.1 Å². The van der Waals surface area contributed by atoms with Crippen molar-refractivity contribution in [3.05, 3.63) is 65.9 Å². The zero-order valence-electron chi connectivity index (χ0n) is 23.4. The molecule has 2 fully saturated rings. The van der Waals surface area contributed by atoms with Crippen LogP contribution < -0.4 is 4.74 Å². The van der Waals surface area contributed by atoms with Crippen molar-refractivity contribution in [2.24, 2.45) is 11.8 Å². The topological polar surface area (TPSA) is 54.6 Å². The van der Waals surface area contributed by atoms with Gasteiger partial charge in [-0.05, 0) is 77.0 Å². The number of H-pyrrole nitrogens is 1. The average Bonchev–Trinajstić information content (AvgIpc) is 3.33. The highest BCUT2D eigenvalue weighted by Crippen LogP contribution is 2.54. The van der Waals surface area contributed by atoms with Crippen LogP contribution >= 0.6 is 11.6 Å². The number of para-hydroxylation sites is 2. The highest BCUT2D eigenvalue weighted by atomic mass is 35.5. The summed E-state index contributed by atoms with van der Waals surface area (Å²) < 4.78 is 13.7. The number of piperidine rings is 1. The smallest absolute Gasteiger partial charge is 0.222 e. The third-order valence-electron chi connectivity index (χ3n) is 9.34. The fourth-order valence-corrected chi connectivity index (χ4v) is 7.34. The molecule has 6 heteroatoms. The number of alkyl halides is 1. The number of amides is 1. The minimum absolute atomic E-state index is 0.0364. The largest absolute Gasteiger partial charge is 0.487 e. The molecule has 4 heterocycles. The number of aromatic amines is 1. The van der Waals surface area contributed by atoms with Crippen molar-refractivity contribution in [1.29, 1.82) is 0 Å². The van der Waals surface area contributed by atoms with Crippen LogP contribution in [-0.2, 0) is 16.0 Å². The molecule has 3 aliphatic heterocycles.